The van der Waals surface area contributed by atoms with Crippen molar-refractivity contribution in [3.8, 4) is 28.7 Å². The molecule has 2 heterocycles. The Morgan fingerprint density at radius 2 is 1.69 bits per heavy atom. The Balaban J connectivity index is 1.49. The lowest BCUT2D eigenvalue weighted by atomic mass is 9.81. The summed E-state index contributed by atoms with van der Waals surface area (Å²) in [7, 11) is 0. The van der Waals surface area contributed by atoms with Gasteiger partial charge in [-0.15, -0.1) is 0 Å². The number of ether oxygens (including phenoxy) is 1. The topological polar surface area (TPSA) is 116 Å². The number of nitriles is 1. The third kappa shape index (κ3) is 3.66. The summed E-state index contributed by atoms with van der Waals surface area (Å²) in [4.78, 5) is 8.77. The number of nitrogens with zero attached hydrogens (tertiary/aromatic N) is 4. The molecule has 0 spiro atoms. The Bertz CT molecular complexity index is 1280. The second-order valence-corrected chi connectivity index (χ2v) is 8.35. The second-order valence-electron chi connectivity index (χ2n) is 8.35. The van der Waals surface area contributed by atoms with Crippen LogP contribution in [0.1, 0.15) is 31.7 Å². The largest absolute Gasteiger partial charge is 0.457 e. The van der Waals surface area contributed by atoms with Gasteiger partial charge in [0.25, 0.3) is 0 Å². The van der Waals surface area contributed by atoms with E-state index < -0.39 is 5.54 Å². The normalized spacial score (nSPS) is 20.7. The van der Waals surface area contributed by atoms with E-state index in [1.54, 1.807) is 0 Å². The average molecular weight is 425 g/mol. The highest BCUT2D eigenvalue weighted by Gasteiger charge is 2.33. The van der Waals surface area contributed by atoms with Crippen LogP contribution in [-0.2, 0) is 0 Å². The molecule has 0 bridgehead atoms. The van der Waals surface area contributed by atoms with Gasteiger partial charge in [0, 0.05) is 17.8 Å². The maximum Gasteiger partial charge on any atom is 0.146 e. The molecule has 4 N–H and O–H groups in total. The van der Waals surface area contributed by atoms with E-state index in [1.807, 2.05) is 54.6 Å². The Morgan fingerprint density at radius 1 is 1.00 bits per heavy atom. The molecule has 7 nitrogen and oxygen atoms in total. The zero-order chi connectivity index (χ0) is 22.1. The molecule has 0 atom stereocenters. The van der Waals surface area contributed by atoms with Gasteiger partial charge in [-0.1, -0.05) is 30.3 Å². The van der Waals surface area contributed by atoms with Crippen molar-refractivity contribution >= 4 is 16.9 Å². The first kappa shape index (κ1) is 20.0. The van der Waals surface area contributed by atoms with Crippen LogP contribution in [0.5, 0.6) is 11.5 Å². The van der Waals surface area contributed by atoms with E-state index in [1.165, 1.54) is 6.33 Å². The van der Waals surface area contributed by atoms with Crippen molar-refractivity contribution in [2.75, 3.05) is 5.73 Å². The summed E-state index contributed by atoms with van der Waals surface area (Å²) in [6, 6.07) is 20.1. The fraction of sp³-hybridized carbons (Fsp3) is 0.240. The molecule has 32 heavy (non-hydrogen) atoms. The van der Waals surface area contributed by atoms with Gasteiger partial charge in [-0.2, -0.15) is 5.26 Å². The zero-order valence-electron chi connectivity index (χ0n) is 17.6. The third-order valence-corrected chi connectivity index (χ3v) is 6.25. The molecule has 1 saturated carbocycles. The first-order valence-corrected chi connectivity index (χ1v) is 10.7. The highest BCUT2D eigenvalue weighted by atomic mass is 16.5. The predicted molar refractivity (Wildman–Crippen MR) is 124 cm³/mol. The van der Waals surface area contributed by atoms with Gasteiger partial charge in [-0.25, -0.2) is 9.97 Å². The molecule has 0 radical (unpaired) electrons. The summed E-state index contributed by atoms with van der Waals surface area (Å²) < 4.78 is 8.09. The van der Waals surface area contributed by atoms with E-state index in [9.17, 15) is 5.26 Å². The summed E-state index contributed by atoms with van der Waals surface area (Å²) in [6.07, 6.45) is 6.57. The Kier molecular flexibility index (Phi) is 5.00. The minimum atomic E-state index is -0.731. The summed E-state index contributed by atoms with van der Waals surface area (Å²) in [5.41, 5.74) is 14.5. The molecule has 0 amide bonds. The first-order chi connectivity index (χ1) is 15.6. The van der Waals surface area contributed by atoms with Gasteiger partial charge in [0.1, 0.15) is 34.8 Å². The SMILES string of the molecule is N#CC1(N)CCC(n2cc(-c3ccc(Oc4ccccc4)cc3)c3c(N)ncnc32)CC1. The lowest BCUT2D eigenvalue weighted by molar-refractivity contribution is 0.284. The quantitative estimate of drug-likeness (QED) is 0.486. The molecule has 160 valence electrons. The molecular weight excluding hydrogens is 400 g/mol. The second kappa shape index (κ2) is 7.98. The number of fused-ring (bicyclic) bond motifs is 1. The van der Waals surface area contributed by atoms with Crippen LogP contribution < -0.4 is 16.2 Å². The molecule has 5 rings (SSSR count). The standard InChI is InChI=1S/C25H24N6O/c26-15-25(28)12-10-18(11-13-25)31-14-21(22-23(27)29-16-30-24(22)31)17-6-8-20(9-7-17)32-19-4-2-1-3-5-19/h1-9,14,16,18H,10-13,28H2,(H2,27,29,30). The number of nitrogens with two attached hydrogens (primary N) is 2. The monoisotopic (exact) mass is 424 g/mol. The number of anilines is 1. The van der Waals surface area contributed by atoms with Gasteiger partial charge < -0.3 is 20.8 Å². The van der Waals surface area contributed by atoms with Gasteiger partial charge in [-0.05, 0) is 55.5 Å². The third-order valence-electron chi connectivity index (χ3n) is 6.25. The van der Waals surface area contributed by atoms with Crippen LogP contribution in [-0.4, -0.2) is 20.1 Å². The van der Waals surface area contributed by atoms with E-state index in [4.69, 9.17) is 16.2 Å². The van der Waals surface area contributed by atoms with Crippen LogP contribution in [0.3, 0.4) is 0 Å². The molecule has 1 aliphatic carbocycles. The summed E-state index contributed by atoms with van der Waals surface area (Å²) in [6.45, 7) is 0. The number of hydrogen-bond donors (Lipinski definition) is 2. The molecule has 0 saturated heterocycles. The maximum atomic E-state index is 9.35. The van der Waals surface area contributed by atoms with E-state index in [0.717, 1.165) is 46.5 Å². The van der Waals surface area contributed by atoms with Crippen LogP contribution >= 0.6 is 0 Å². The van der Waals surface area contributed by atoms with Crippen LogP contribution in [0, 0.1) is 11.3 Å². The maximum absolute atomic E-state index is 9.35. The van der Waals surface area contributed by atoms with Crippen LogP contribution in [0.4, 0.5) is 5.82 Å². The lowest BCUT2D eigenvalue weighted by Gasteiger charge is -2.32. The van der Waals surface area contributed by atoms with E-state index in [-0.39, 0.29) is 6.04 Å². The molecule has 2 aromatic carbocycles. The highest BCUT2D eigenvalue weighted by molar-refractivity contribution is 6.00. The molecular formula is C25H24N6O. The molecule has 4 aromatic rings. The average Bonchev–Trinajstić information content (AvgIpc) is 3.22. The van der Waals surface area contributed by atoms with Crippen molar-refractivity contribution in [3.63, 3.8) is 0 Å². The van der Waals surface area contributed by atoms with Crippen molar-refractivity contribution in [2.24, 2.45) is 5.73 Å². The van der Waals surface area contributed by atoms with Gasteiger partial charge in [0.2, 0.25) is 0 Å². The molecule has 7 heteroatoms. The Morgan fingerprint density at radius 3 is 2.38 bits per heavy atom. The minimum absolute atomic E-state index is 0.214. The highest BCUT2D eigenvalue weighted by Crippen LogP contribution is 2.40. The van der Waals surface area contributed by atoms with Gasteiger partial charge in [0.15, 0.2) is 0 Å². The summed E-state index contributed by atoms with van der Waals surface area (Å²) >= 11 is 0. The molecule has 0 aliphatic heterocycles. The van der Waals surface area contributed by atoms with Crippen molar-refractivity contribution in [3.05, 3.63) is 67.1 Å². The van der Waals surface area contributed by atoms with Crippen LogP contribution in [0.25, 0.3) is 22.2 Å². The number of aromatic nitrogens is 3. The number of rotatable bonds is 4. The van der Waals surface area contributed by atoms with E-state index in [2.05, 4.69) is 26.8 Å². The van der Waals surface area contributed by atoms with Gasteiger partial charge in [-0.3, -0.25) is 0 Å². The fourth-order valence-electron chi connectivity index (χ4n) is 4.44. The van der Waals surface area contributed by atoms with Crippen molar-refractivity contribution in [1.29, 1.82) is 5.26 Å². The number of para-hydroxylation sites is 1. The van der Waals surface area contributed by atoms with Crippen LogP contribution in [0.15, 0.2) is 67.1 Å². The Labute approximate surface area is 186 Å². The summed E-state index contributed by atoms with van der Waals surface area (Å²) in [5, 5.41) is 10.2. The number of benzene rings is 2. The zero-order valence-corrected chi connectivity index (χ0v) is 17.6. The first-order valence-electron chi connectivity index (χ1n) is 10.7. The number of nitrogen functional groups attached to an aromatic ring is 1. The molecule has 1 fully saturated rings. The van der Waals surface area contributed by atoms with Crippen LogP contribution in [0.2, 0.25) is 0 Å². The lowest BCUT2D eigenvalue weighted by Crippen LogP contribution is -2.42. The van der Waals surface area contributed by atoms with Gasteiger partial charge >= 0.3 is 0 Å². The van der Waals surface area contributed by atoms with Crippen molar-refractivity contribution in [1.82, 2.24) is 14.5 Å². The van der Waals surface area contributed by atoms with E-state index in [0.29, 0.717) is 18.7 Å². The number of hydrogen-bond acceptors (Lipinski definition) is 6. The van der Waals surface area contributed by atoms with E-state index >= 15 is 0 Å². The van der Waals surface area contributed by atoms with Gasteiger partial charge in [0.05, 0.1) is 11.5 Å². The smallest absolute Gasteiger partial charge is 0.146 e. The molecule has 0 unspecified atom stereocenters. The molecule has 1 aliphatic rings. The van der Waals surface area contributed by atoms with Crippen molar-refractivity contribution < 1.29 is 4.74 Å². The Hall–Kier alpha value is -3.89. The molecule has 2 aromatic heterocycles. The summed E-state index contributed by atoms with van der Waals surface area (Å²) in [5.74, 6) is 2.01. The van der Waals surface area contributed by atoms with Crippen molar-refractivity contribution in [2.45, 2.75) is 37.3 Å². The predicted octanol–water partition coefficient (Wildman–Crippen LogP) is 4.81. The minimum Gasteiger partial charge on any atom is -0.457 e. The fourth-order valence-corrected chi connectivity index (χ4v) is 4.44.